The topological polar surface area (TPSA) is 83.2 Å². The lowest BCUT2D eigenvalue weighted by molar-refractivity contribution is 0.301. The third-order valence-corrected chi connectivity index (χ3v) is 6.89. The number of rotatable bonds is 6. The SMILES string of the molecule is Cn1cc(-c2cc(S(C)(=O)=O)ccc2OCC2CC2)c2cc(-n3cccn3)ccc2c1=O. The van der Waals surface area contributed by atoms with Gasteiger partial charge in [0.2, 0.25) is 0 Å². The van der Waals surface area contributed by atoms with Gasteiger partial charge in [0.05, 0.1) is 17.2 Å². The zero-order valence-electron chi connectivity index (χ0n) is 17.9. The smallest absolute Gasteiger partial charge is 0.258 e. The second kappa shape index (κ2) is 7.63. The molecular formula is C24H23N3O4S. The Labute approximate surface area is 185 Å². The van der Waals surface area contributed by atoms with Crippen LogP contribution in [0.5, 0.6) is 5.75 Å². The molecule has 1 aliphatic carbocycles. The summed E-state index contributed by atoms with van der Waals surface area (Å²) in [5.74, 6) is 1.15. The van der Waals surface area contributed by atoms with Crippen LogP contribution in [0, 0.1) is 5.92 Å². The van der Waals surface area contributed by atoms with Crippen molar-refractivity contribution in [1.29, 1.82) is 0 Å². The molecule has 1 saturated carbocycles. The largest absolute Gasteiger partial charge is 0.493 e. The summed E-state index contributed by atoms with van der Waals surface area (Å²) < 4.78 is 33.9. The average molecular weight is 450 g/mol. The van der Waals surface area contributed by atoms with Crippen molar-refractivity contribution in [2.75, 3.05) is 12.9 Å². The molecule has 2 heterocycles. The molecule has 0 saturated heterocycles. The van der Waals surface area contributed by atoms with E-state index in [9.17, 15) is 13.2 Å². The van der Waals surface area contributed by atoms with Crippen molar-refractivity contribution in [2.45, 2.75) is 17.7 Å². The summed E-state index contributed by atoms with van der Waals surface area (Å²) >= 11 is 0. The highest BCUT2D eigenvalue weighted by Gasteiger charge is 2.23. The van der Waals surface area contributed by atoms with Gasteiger partial charge in [-0.3, -0.25) is 4.79 Å². The van der Waals surface area contributed by atoms with Gasteiger partial charge in [-0.05, 0) is 66.6 Å². The zero-order valence-corrected chi connectivity index (χ0v) is 18.7. The van der Waals surface area contributed by atoms with Gasteiger partial charge >= 0.3 is 0 Å². The van der Waals surface area contributed by atoms with Gasteiger partial charge in [-0.25, -0.2) is 13.1 Å². The number of pyridine rings is 1. The third kappa shape index (κ3) is 3.82. The predicted octanol–water partition coefficient (Wildman–Crippen LogP) is 3.58. The van der Waals surface area contributed by atoms with Crippen LogP contribution >= 0.6 is 0 Å². The molecule has 7 nitrogen and oxygen atoms in total. The Morgan fingerprint density at radius 2 is 1.91 bits per heavy atom. The zero-order chi connectivity index (χ0) is 22.5. The van der Waals surface area contributed by atoms with E-state index in [0.29, 0.717) is 34.6 Å². The second-order valence-electron chi connectivity index (χ2n) is 8.32. The monoisotopic (exact) mass is 449 g/mol. The van der Waals surface area contributed by atoms with Gasteiger partial charge in [-0.1, -0.05) is 0 Å². The summed E-state index contributed by atoms with van der Waals surface area (Å²) in [5.41, 5.74) is 2.05. The highest BCUT2D eigenvalue weighted by atomic mass is 32.2. The van der Waals surface area contributed by atoms with Gasteiger partial charge in [0.25, 0.3) is 5.56 Å². The molecule has 1 fully saturated rings. The maximum absolute atomic E-state index is 12.9. The van der Waals surface area contributed by atoms with Crippen molar-refractivity contribution in [2.24, 2.45) is 13.0 Å². The van der Waals surface area contributed by atoms with Gasteiger partial charge in [0.1, 0.15) is 5.75 Å². The number of sulfone groups is 1. The Kier molecular flexibility index (Phi) is 4.89. The number of aromatic nitrogens is 3. The van der Waals surface area contributed by atoms with Gasteiger partial charge < -0.3 is 9.30 Å². The molecule has 0 amide bonds. The summed E-state index contributed by atoms with van der Waals surface area (Å²) in [6.07, 6.45) is 8.73. The van der Waals surface area contributed by atoms with Crippen molar-refractivity contribution in [3.63, 3.8) is 0 Å². The molecule has 0 atom stereocenters. The van der Waals surface area contributed by atoms with Crippen molar-refractivity contribution in [1.82, 2.24) is 14.3 Å². The molecule has 0 spiro atoms. The average Bonchev–Trinajstić information content (AvgIpc) is 3.44. The van der Waals surface area contributed by atoms with Crippen LogP contribution in [0.2, 0.25) is 0 Å². The fourth-order valence-corrected chi connectivity index (χ4v) is 4.45. The first-order valence-electron chi connectivity index (χ1n) is 10.4. The molecule has 0 aliphatic heterocycles. The number of hydrogen-bond donors (Lipinski definition) is 0. The first-order chi connectivity index (χ1) is 15.3. The Bertz CT molecular complexity index is 1480. The van der Waals surface area contributed by atoms with Crippen molar-refractivity contribution in [3.8, 4) is 22.6 Å². The second-order valence-corrected chi connectivity index (χ2v) is 10.3. The van der Waals surface area contributed by atoms with Crippen molar-refractivity contribution in [3.05, 3.63) is 71.4 Å². The fourth-order valence-electron chi connectivity index (χ4n) is 3.80. The van der Waals surface area contributed by atoms with E-state index in [1.165, 1.54) is 10.8 Å². The fraction of sp³-hybridized carbons (Fsp3) is 0.250. The van der Waals surface area contributed by atoms with Crippen LogP contribution in [0.4, 0.5) is 0 Å². The maximum Gasteiger partial charge on any atom is 0.258 e. The quantitative estimate of drug-likeness (QED) is 0.449. The number of ether oxygens (including phenoxy) is 1. The van der Waals surface area contributed by atoms with Crippen LogP contribution in [0.15, 0.2) is 70.7 Å². The Morgan fingerprint density at radius 3 is 2.59 bits per heavy atom. The molecule has 0 radical (unpaired) electrons. The molecule has 2 aromatic heterocycles. The molecular weight excluding hydrogens is 426 g/mol. The van der Waals surface area contributed by atoms with Crippen LogP contribution < -0.4 is 10.3 Å². The standard InChI is InChI=1S/C24H23N3O4S/c1-26-14-22(20-12-17(27-11-3-10-25-27)6-8-19(20)24(26)28)21-13-18(32(2,29)30)7-9-23(21)31-15-16-4-5-16/h3,6-14,16H,4-5,15H2,1-2H3. The van der Waals surface area contributed by atoms with Crippen LogP contribution in [0.25, 0.3) is 27.6 Å². The lowest BCUT2D eigenvalue weighted by atomic mass is 9.99. The molecule has 164 valence electrons. The van der Waals surface area contributed by atoms with E-state index in [1.807, 2.05) is 24.4 Å². The first-order valence-corrected chi connectivity index (χ1v) is 12.3. The van der Waals surface area contributed by atoms with Crippen molar-refractivity contribution < 1.29 is 13.2 Å². The minimum atomic E-state index is -3.42. The first kappa shape index (κ1) is 20.5. The minimum absolute atomic E-state index is 0.129. The molecule has 0 N–H and O–H groups in total. The Balaban J connectivity index is 1.77. The van der Waals surface area contributed by atoms with E-state index in [4.69, 9.17) is 4.74 Å². The van der Waals surface area contributed by atoms with Crippen LogP contribution in [0.3, 0.4) is 0 Å². The molecule has 8 heteroatoms. The van der Waals surface area contributed by atoms with E-state index in [1.54, 1.807) is 48.4 Å². The predicted molar refractivity (Wildman–Crippen MR) is 123 cm³/mol. The summed E-state index contributed by atoms with van der Waals surface area (Å²) in [6.45, 7) is 0.591. The summed E-state index contributed by atoms with van der Waals surface area (Å²) in [6, 6.07) is 12.3. The Morgan fingerprint density at radius 1 is 1.09 bits per heavy atom. The molecule has 5 rings (SSSR count). The van der Waals surface area contributed by atoms with E-state index >= 15 is 0 Å². The lowest BCUT2D eigenvalue weighted by Crippen LogP contribution is -2.17. The highest BCUT2D eigenvalue weighted by molar-refractivity contribution is 7.90. The lowest BCUT2D eigenvalue weighted by Gasteiger charge is -2.16. The third-order valence-electron chi connectivity index (χ3n) is 5.78. The highest BCUT2D eigenvalue weighted by Crippen LogP contribution is 2.38. The summed E-state index contributed by atoms with van der Waals surface area (Å²) in [7, 11) is -1.73. The number of fused-ring (bicyclic) bond motifs is 1. The van der Waals surface area contributed by atoms with Gasteiger partial charge in [-0.2, -0.15) is 5.10 Å². The van der Waals surface area contributed by atoms with E-state index in [-0.39, 0.29) is 10.5 Å². The van der Waals surface area contributed by atoms with Crippen LogP contribution in [-0.4, -0.2) is 35.6 Å². The van der Waals surface area contributed by atoms with Crippen LogP contribution in [0.1, 0.15) is 12.8 Å². The molecule has 0 unspecified atom stereocenters. The number of aryl methyl sites for hydroxylation is 1. The van der Waals surface area contributed by atoms with E-state index < -0.39 is 9.84 Å². The molecule has 4 aromatic rings. The molecule has 32 heavy (non-hydrogen) atoms. The van der Waals surface area contributed by atoms with Crippen molar-refractivity contribution >= 4 is 20.6 Å². The normalized spacial score (nSPS) is 14.1. The summed E-state index contributed by atoms with van der Waals surface area (Å²) in [5, 5.41) is 5.54. The number of nitrogens with zero attached hydrogens (tertiary/aromatic N) is 3. The number of hydrogen-bond acceptors (Lipinski definition) is 5. The van der Waals surface area contributed by atoms with E-state index in [0.717, 1.165) is 24.1 Å². The van der Waals surface area contributed by atoms with E-state index in [2.05, 4.69) is 5.10 Å². The van der Waals surface area contributed by atoms with Crippen LogP contribution in [-0.2, 0) is 16.9 Å². The molecule has 2 aromatic carbocycles. The minimum Gasteiger partial charge on any atom is -0.493 e. The van der Waals surface area contributed by atoms with Gasteiger partial charge in [0.15, 0.2) is 9.84 Å². The molecule has 0 bridgehead atoms. The maximum atomic E-state index is 12.9. The summed E-state index contributed by atoms with van der Waals surface area (Å²) in [4.78, 5) is 13.1. The Hall–Kier alpha value is -3.39. The van der Waals surface area contributed by atoms with Gasteiger partial charge in [-0.15, -0.1) is 0 Å². The molecule has 1 aliphatic rings. The van der Waals surface area contributed by atoms with Gasteiger partial charge in [0, 0.05) is 48.4 Å². The number of benzene rings is 2.